The van der Waals surface area contributed by atoms with Gasteiger partial charge in [-0.15, -0.1) is 0 Å². The number of benzene rings is 1. The lowest BCUT2D eigenvalue weighted by Crippen LogP contribution is -2.13. The highest BCUT2D eigenvalue weighted by Crippen LogP contribution is 2.22. The van der Waals surface area contributed by atoms with Crippen LogP contribution in [0.25, 0.3) is 10.9 Å². The van der Waals surface area contributed by atoms with Gasteiger partial charge in [-0.3, -0.25) is 4.79 Å². The molecule has 0 amide bonds. The van der Waals surface area contributed by atoms with Crippen molar-refractivity contribution in [2.24, 2.45) is 0 Å². The van der Waals surface area contributed by atoms with Gasteiger partial charge in [-0.2, -0.15) is 0 Å². The summed E-state index contributed by atoms with van der Waals surface area (Å²) < 4.78 is 24.1. The number of anilines is 2. The molecule has 0 unspecified atom stereocenters. The summed E-state index contributed by atoms with van der Waals surface area (Å²) in [5.41, 5.74) is 6.32. The van der Waals surface area contributed by atoms with Gasteiger partial charge in [0.2, 0.25) is 0 Å². The van der Waals surface area contributed by atoms with Crippen molar-refractivity contribution in [1.82, 2.24) is 9.97 Å². The van der Waals surface area contributed by atoms with E-state index in [0.717, 1.165) is 0 Å². The van der Waals surface area contributed by atoms with Gasteiger partial charge < -0.3 is 16.0 Å². The molecule has 1 aromatic heterocycles. The van der Waals surface area contributed by atoms with Crippen LogP contribution < -0.4 is 16.6 Å². The number of nitrogen functional groups attached to an aromatic ring is 1. The Morgan fingerprint density at radius 3 is 2.94 bits per heavy atom. The van der Waals surface area contributed by atoms with Crippen LogP contribution in [-0.4, -0.2) is 22.9 Å². The van der Waals surface area contributed by atoms with Crippen molar-refractivity contribution in [2.75, 3.05) is 17.6 Å². The lowest BCUT2D eigenvalue weighted by Gasteiger charge is -2.09. The summed E-state index contributed by atoms with van der Waals surface area (Å²) in [7, 11) is 0. The van der Waals surface area contributed by atoms with E-state index >= 15 is 0 Å². The van der Waals surface area contributed by atoms with Gasteiger partial charge in [0.1, 0.15) is 0 Å². The highest BCUT2D eigenvalue weighted by Gasteiger charge is 2.07. The summed E-state index contributed by atoms with van der Waals surface area (Å²) in [4.78, 5) is 17.8. The van der Waals surface area contributed by atoms with Crippen LogP contribution >= 0.6 is 0 Å². The summed E-state index contributed by atoms with van der Waals surface area (Å²) >= 11 is 0. The Morgan fingerprint density at radius 1 is 1.47 bits per heavy atom. The van der Waals surface area contributed by atoms with Crippen LogP contribution in [0.4, 0.5) is 20.2 Å². The normalized spacial score (nSPS) is 11.0. The number of hydrogen-bond donors (Lipinski definition) is 3. The Labute approximate surface area is 94.7 Å². The van der Waals surface area contributed by atoms with Crippen molar-refractivity contribution in [3.63, 3.8) is 0 Å². The fourth-order valence-electron chi connectivity index (χ4n) is 1.47. The van der Waals surface area contributed by atoms with E-state index in [1.165, 1.54) is 18.5 Å². The molecule has 0 radical (unpaired) electrons. The molecule has 1 aromatic carbocycles. The monoisotopic (exact) mass is 240 g/mol. The maximum atomic E-state index is 12.1. The maximum absolute atomic E-state index is 12.1. The summed E-state index contributed by atoms with van der Waals surface area (Å²) in [6, 6.07) is 2.89. The lowest BCUT2D eigenvalue weighted by atomic mass is 10.2. The van der Waals surface area contributed by atoms with E-state index < -0.39 is 13.0 Å². The SMILES string of the molecule is Nc1cc2c(=O)[nH]cnc2cc1NCC(F)F. The average molecular weight is 240 g/mol. The predicted octanol–water partition coefficient (Wildman–Crippen LogP) is 1.18. The molecule has 0 fully saturated rings. The van der Waals surface area contributed by atoms with Crippen LogP contribution in [0.15, 0.2) is 23.3 Å². The molecule has 0 saturated heterocycles. The highest BCUT2D eigenvalue weighted by molar-refractivity contribution is 5.88. The van der Waals surface area contributed by atoms with Gasteiger partial charge in [-0.25, -0.2) is 13.8 Å². The molecule has 0 bridgehead atoms. The fraction of sp³-hybridized carbons (Fsp3) is 0.200. The average Bonchev–Trinajstić information content (AvgIpc) is 2.28. The van der Waals surface area contributed by atoms with Crippen LogP contribution in [0.1, 0.15) is 0 Å². The summed E-state index contributed by atoms with van der Waals surface area (Å²) in [6.07, 6.45) is -1.23. The Hall–Kier alpha value is -2.18. The molecule has 4 N–H and O–H groups in total. The zero-order valence-electron chi connectivity index (χ0n) is 8.71. The van der Waals surface area contributed by atoms with E-state index in [-0.39, 0.29) is 11.2 Å². The van der Waals surface area contributed by atoms with Crippen molar-refractivity contribution in [1.29, 1.82) is 0 Å². The summed E-state index contributed by atoms with van der Waals surface area (Å²) in [6.45, 7) is -0.501. The van der Waals surface area contributed by atoms with Gasteiger partial charge in [0.25, 0.3) is 12.0 Å². The number of alkyl halides is 2. The number of halogens is 2. The van der Waals surface area contributed by atoms with Gasteiger partial charge in [0.05, 0.1) is 35.1 Å². The van der Waals surface area contributed by atoms with Gasteiger partial charge in [0.15, 0.2) is 0 Å². The van der Waals surface area contributed by atoms with Crippen molar-refractivity contribution >= 4 is 22.3 Å². The Balaban J connectivity index is 2.45. The molecule has 2 rings (SSSR count). The number of aromatic nitrogens is 2. The summed E-state index contributed by atoms with van der Waals surface area (Å²) in [5.74, 6) is 0. The predicted molar refractivity (Wildman–Crippen MR) is 61.3 cm³/mol. The van der Waals surface area contributed by atoms with E-state index in [4.69, 9.17) is 5.73 Å². The first-order valence-corrected chi connectivity index (χ1v) is 4.87. The van der Waals surface area contributed by atoms with Gasteiger partial charge in [-0.05, 0) is 12.1 Å². The first kappa shape index (κ1) is 11.3. The molecular weight excluding hydrogens is 230 g/mol. The highest BCUT2D eigenvalue weighted by atomic mass is 19.3. The molecule has 1 heterocycles. The van der Waals surface area contributed by atoms with Crippen molar-refractivity contribution < 1.29 is 8.78 Å². The molecule has 0 aliphatic rings. The largest absolute Gasteiger partial charge is 0.397 e. The van der Waals surface area contributed by atoms with Crippen LogP contribution in [-0.2, 0) is 0 Å². The molecular formula is C10H10F2N4O. The second-order valence-corrected chi connectivity index (χ2v) is 3.46. The third-order valence-electron chi connectivity index (χ3n) is 2.26. The molecule has 0 saturated carbocycles. The van der Waals surface area contributed by atoms with E-state index in [1.54, 1.807) is 0 Å². The van der Waals surface area contributed by atoms with Crippen molar-refractivity contribution in [3.05, 3.63) is 28.8 Å². The van der Waals surface area contributed by atoms with Crippen molar-refractivity contribution in [2.45, 2.75) is 6.43 Å². The first-order chi connectivity index (χ1) is 8.08. The van der Waals surface area contributed by atoms with Crippen LogP contribution in [0.2, 0.25) is 0 Å². The molecule has 5 nitrogen and oxygen atoms in total. The fourth-order valence-corrected chi connectivity index (χ4v) is 1.47. The summed E-state index contributed by atoms with van der Waals surface area (Å²) in [5, 5.41) is 2.82. The Morgan fingerprint density at radius 2 is 2.24 bits per heavy atom. The Kier molecular flexibility index (Phi) is 2.90. The minimum absolute atomic E-state index is 0.233. The van der Waals surface area contributed by atoms with Crippen LogP contribution in [0.5, 0.6) is 0 Å². The zero-order chi connectivity index (χ0) is 12.4. The number of nitrogens with zero attached hydrogens (tertiary/aromatic N) is 1. The minimum atomic E-state index is -2.47. The maximum Gasteiger partial charge on any atom is 0.258 e. The molecule has 0 aliphatic heterocycles. The van der Waals surface area contributed by atoms with Gasteiger partial charge in [-0.1, -0.05) is 0 Å². The lowest BCUT2D eigenvalue weighted by molar-refractivity contribution is 0.163. The number of aromatic amines is 1. The second kappa shape index (κ2) is 4.36. The number of fused-ring (bicyclic) bond motifs is 1. The number of H-pyrrole nitrogens is 1. The standard InChI is InChI=1S/C10H10F2N4O/c11-9(12)3-14-8-2-7-5(1-6(8)13)10(17)16-4-15-7/h1-2,4,9,14H,3,13H2,(H,15,16,17). The molecule has 7 heteroatoms. The first-order valence-electron chi connectivity index (χ1n) is 4.87. The molecule has 0 spiro atoms. The number of hydrogen-bond acceptors (Lipinski definition) is 4. The molecule has 90 valence electrons. The van der Waals surface area contributed by atoms with E-state index in [9.17, 15) is 13.6 Å². The third kappa shape index (κ3) is 2.32. The van der Waals surface area contributed by atoms with Crippen LogP contribution in [0.3, 0.4) is 0 Å². The number of nitrogens with one attached hydrogen (secondary N) is 2. The smallest absolute Gasteiger partial charge is 0.258 e. The quantitative estimate of drug-likeness (QED) is 0.703. The Bertz CT molecular complexity index is 596. The van der Waals surface area contributed by atoms with E-state index in [0.29, 0.717) is 16.6 Å². The number of rotatable bonds is 3. The topological polar surface area (TPSA) is 83.8 Å². The molecule has 0 aliphatic carbocycles. The molecule has 17 heavy (non-hydrogen) atoms. The van der Waals surface area contributed by atoms with E-state index in [1.807, 2.05) is 0 Å². The number of nitrogens with two attached hydrogens (primary N) is 1. The van der Waals surface area contributed by atoms with Gasteiger partial charge >= 0.3 is 0 Å². The third-order valence-corrected chi connectivity index (χ3v) is 2.26. The van der Waals surface area contributed by atoms with Crippen LogP contribution in [0, 0.1) is 0 Å². The van der Waals surface area contributed by atoms with E-state index in [2.05, 4.69) is 15.3 Å². The zero-order valence-corrected chi connectivity index (χ0v) is 8.71. The second-order valence-electron chi connectivity index (χ2n) is 3.46. The minimum Gasteiger partial charge on any atom is -0.397 e. The van der Waals surface area contributed by atoms with Gasteiger partial charge in [0, 0.05) is 0 Å². The molecule has 0 atom stereocenters. The molecule has 2 aromatic rings. The van der Waals surface area contributed by atoms with Crippen molar-refractivity contribution in [3.8, 4) is 0 Å².